The predicted octanol–water partition coefficient (Wildman–Crippen LogP) is 1.19. The van der Waals surface area contributed by atoms with Crippen LogP contribution in [-0.4, -0.2) is 36.9 Å². The quantitative estimate of drug-likeness (QED) is 0.756. The maximum Gasteiger partial charge on any atom is 0.226 e. The van der Waals surface area contributed by atoms with Crippen molar-refractivity contribution < 1.29 is 9.26 Å². The standard InChI is InChI=1S/C12H21N3O2/c1-16-8-2-3-11-14-12(17-15-11)9-10-4-6-13-7-5-10/h10,13H,2-9H2,1H3. The lowest BCUT2D eigenvalue weighted by Gasteiger charge is -2.20. The van der Waals surface area contributed by atoms with Crippen molar-refractivity contribution in [2.45, 2.75) is 32.1 Å². The molecule has 0 unspecified atom stereocenters. The zero-order valence-electron chi connectivity index (χ0n) is 10.4. The monoisotopic (exact) mass is 239 g/mol. The van der Waals surface area contributed by atoms with Gasteiger partial charge in [-0.3, -0.25) is 0 Å². The molecule has 0 aliphatic carbocycles. The Labute approximate surface area is 102 Å². The van der Waals surface area contributed by atoms with Crippen LogP contribution in [0.5, 0.6) is 0 Å². The van der Waals surface area contributed by atoms with Gasteiger partial charge in [0.15, 0.2) is 5.82 Å². The molecule has 0 spiro atoms. The van der Waals surface area contributed by atoms with Crippen LogP contribution in [0.1, 0.15) is 31.0 Å². The van der Waals surface area contributed by atoms with Crippen LogP contribution < -0.4 is 5.32 Å². The lowest BCUT2D eigenvalue weighted by Crippen LogP contribution is -2.28. The van der Waals surface area contributed by atoms with Crippen LogP contribution in [0.3, 0.4) is 0 Å². The van der Waals surface area contributed by atoms with Crippen LogP contribution in [0.25, 0.3) is 0 Å². The molecule has 1 aromatic heterocycles. The molecule has 2 heterocycles. The first-order valence-corrected chi connectivity index (χ1v) is 6.39. The Balaban J connectivity index is 1.76. The average molecular weight is 239 g/mol. The number of aromatic nitrogens is 2. The van der Waals surface area contributed by atoms with Gasteiger partial charge in [0.25, 0.3) is 0 Å². The van der Waals surface area contributed by atoms with E-state index in [4.69, 9.17) is 9.26 Å². The molecule has 96 valence electrons. The molecule has 0 radical (unpaired) electrons. The molecule has 5 heteroatoms. The van der Waals surface area contributed by atoms with E-state index in [0.29, 0.717) is 5.92 Å². The highest BCUT2D eigenvalue weighted by Gasteiger charge is 2.17. The Morgan fingerprint density at radius 3 is 3.00 bits per heavy atom. The van der Waals surface area contributed by atoms with Crippen molar-refractivity contribution in [3.8, 4) is 0 Å². The summed E-state index contributed by atoms with van der Waals surface area (Å²) in [5.74, 6) is 2.30. The van der Waals surface area contributed by atoms with Gasteiger partial charge in [0.2, 0.25) is 5.89 Å². The molecule has 0 atom stereocenters. The van der Waals surface area contributed by atoms with E-state index < -0.39 is 0 Å². The summed E-state index contributed by atoms with van der Waals surface area (Å²) >= 11 is 0. The predicted molar refractivity (Wildman–Crippen MR) is 63.8 cm³/mol. The van der Waals surface area contributed by atoms with Gasteiger partial charge in [-0.2, -0.15) is 4.98 Å². The van der Waals surface area contributed by atoms with Gasteiger partial charge in [-0.25, -0.2) is 0 Å². The van der Waals surface area contributed by atoms with E-state index in [0.717, 1.165) is 50.7 Å². The number of aryl methyl sites for hydroxylation is 1. The minimum atomic E-state index is 0.698. The van der Waals surface area contributed by atoms with Gasteiger partial charge in [-0.15, -0.1) is 0 Å². The van der Waals surface area contributed by atoms with E-state index >= 15 is 0 Å². The van der Waals surface area contributed by atoms with E-state index in [9.17, 15) is 0 Å². The summed E-state index contributed by atoms with van der Waals surface area (Å²) in [5, 5.41) is 7.36. The highest BCUT2D eigenvalue weighted by molar-refractivity contribution is 4.89. The molecular weight excluding hydrogens is 218 g/mol. The molecule has 2 rings (SSSR count). The fourth-order valence-electron chi connectivity index (χ4n) is 2.18. The second-order valence-corrected chi connectivity index (χ2v) is 4.60. The molecular formula is C12H21N3O2. The second-order valence-electron chi connectivity index (χ2n) is 4.60. The minimum Gasteiger partial charge on any atom is -0.385 e. The van der Waals surface area contributed by atoms with Crippen molar-refractivity contribution in [3.63, 3.8) is 0 Å². The summed E-state index contributed by atoms with van der Waals surface area (Å²) in [5.41, 5.74) is 0. The van der Waals surface area contributed by atoms with Gasteiger partial charge < -0.3 is 14.6 Å². The van der Waals surface area contributed by atoms with Crippen LogP contribution in [0.4, 0.5) is 0 Å². The van der Waals surface area contributed by atoms with Crippen LogP contribution in [0.15, 0.2) is 4.52 Å². The average Bonchev–Trinajstić information content (AvgIpc) is 2.79. The van der Waals surface area contributed by atoms with Crippen molar-refractivity contribution in [2.75, 3.05) is 26.8 Å². The Kier molecular flexibility index (Phi) is 4.94. The topological polar surface area (TPSA) is 60.2 Å². The van der Waals surface area contributed by atoms with Crippen molar-refractivity contribution in [1.29, 1.82) is 0 Å². The first kappa shape index (κ1) is 12.5. The number of methoxy groups -OCH3 is 1. The molecule has 17 heavy (non-hydrogen) atoms. The van der Waals surface area contributed by atoms with E-state index in [2.05, 4.69) is 15.5 Å². The lowest BCUT2D eigenvalue weighted by molar-refractivity contribution is 0.194. The molecule has 0 bridgehead atoms. The van der Waals surface area contributed by atoms with Gasteiger partial charge in [0.05, 0.1) is 0 Å². The van der Waals surface area contributed by atoms with Crippen LogP contribution in [-0.2, 0) is 17.6 Å². The van der Waals surface area contributed by atoms with E-state index in [1.807, 2.05) is 0 Å². The van der Waals surface area contributed by atoms with Gasteiger partial charge in [-0.05, 0) is 38.3 Å². The number of nitrogens with one attached hydrogen (secondary N) is 1. The SMILES string of the molecule is COCCCc1noc(CC2CCNCC2)n1. The number of rotatable bonds is 6. The largest absolute Gasteiger partial charge is 0.385 e. The summed E-state index contributed by atoms with van der Waals surface area (Å²) in [6.45, 7) is 2.97. The number of hydrogen-bond donors (Lipinski definition) is 1. The fourth-order valence-corrected chi connectivity index (χ4v) is 2.18. The molecule has 1 saturated heterocycles. The summed E-state index contributed by atoms with van der Waals surface area (Å²) in [4.78, 5) is 4.42. The smallest absolute Gasteiger partial charge is 0.226 e. The summed E-state index contributed by atoms with van der Waals surface area (Å²) < 4.78 is 10.3. The highest BCUT2D eigenvalue weighted by atomic mass is 16.5. The summed E-state index contributed by atoms with van der Waals surface area (Å²) in [6, 6.07) is 0. The normalized spacial score (nSPS) is 17.5. The molecule has 0 amide bonds. The van der Waals surface area contributed by atoms with Crippen LogP contribution in [0.2, 0.25) is 0 Å². The van der Waals surface area contributed by atoms with Crippen LogP contribution in [0, 0.1) is 5.92 Å². The molecule has 5 nitrogen and oxygen atoms in total. The van der Waals surface area contributed by atoms with Crippen molar-refractivity contribution in [2.24, 2.45) is 5.92 Å². The van der Waals surface area contributed by atoms with E-state index in [-0.39, 0.29) is 0 Å². The molecule has 1 aromatic rings. The number of ether oxygens (including phenoxy) is 1. The minimum absolute atomic E-state index is 0.698. The third-order valence-corrected chi connectivity index (χ3v) is 3.18. The third-order valence-electron chi connectivity index (χ3n) is 3.18. The Hall–Kier alpha value is -0.940. The summed E-state index contributed by atoms with van der Waals surface area (Å²) in [7, 11) is 1.71. The Bertz CT molecular complexity index is 321. The molecule has 1 fully saturated rings. The number of piperidine rings is 1. The van der Waals surface area contributed by atoms with Gasteiger partial charge in [-0.1, -0.05) is 5.16 Å². The maximum absolute atomic E-state index is 5.28. The van der Waals surface area contributed by atoms with Crippen molar-refractivity contribution in [3.05, 3.63) is 11.7 Å². The number of hydrogen-bond acceptors (Lipinski definition) is 5. The molecule has 1 aliphatic rings. The van der Waals surface area contributed by atoms with E-state index in [1.54, 1.807) is 7.11 Å². The van der Waals surface area contributed by atoms with Gasteiger partial charge >= 0.3 is 0 Å². The lowest BCUT2D eigenvalue weighted by atomic mass is 9.95. The Morgan fingerprint density at radius 2 is 2.24 bits per heavy atom. The third kappa shape index (κ3) is 4.09. The second kappa shape index (κ2) is 6.71. The Morgan fingerprint density at radius 1 is 1.41 bits per heavy atom. The highest BCUT2D eigenvalue weighted by Crippen LogP contribution is 2.17. The first-order chi connectivity index (χ1) is 8.38. The van der Waals surface area contributed by atoms with Gasteiger partial charge in [0.1, 0.15) is 0 Å². The molecule has 0 aromatic carbocycles. The molecule has 0 saturated carbocycles. The van der Waals surface area contributed by atoms with Crippen molar-refractivity contribution >= 4 is 0 Å². The maximum atomic E-state index is 5.28. The van der Waals surface area contributed by atoms with Gasteiger partial charge in [0, 0.05) is 26.6 Å². The van der Waals surface area contributed by atoms with Crippen molar-refractivity contribution in [1.82, 2.24) is 15.5 Å². The summed E-state index contributed by atoms with van der Waals surface area (Å²) in [6.07, 6.45) is 5.13. The zero-order chi connectivity index (χ0) is 11.9. The fraction of sp³-hybridized carbons (Fsp3) is 0.833. The van der Waals surface area contributed by atoms with E-state index in [1.165, 1.54) is 12.8 Å². The number of nitrogens with zero attached hydrogens (tertiary/aromatic N) is 2. The zero-order valence-corrected chi connectivity index (χ0v) is 10.4. The molecule has 1 aliphatic heterocycles. The van der Waals surface area contributed by atoms with Crippen LogP contribution >= 0.6 is 0 Å². The molecule has 1 N–H and O–H groups in total. The first-order valence-electron chi connectivity index (χ1n) is 6.39.